The van der Waals surface area contributed by atoms with E-state index in [1.807, 2.05) is 38.1 Å². The number of anilines is 1. The van der Waals surface area contributed by atoms with E-state index in [1.165, 1.54) is 5.56 Å². The lowest BCUT2D eigenvalue weighted by Gasteiger charge is -2.08. The van der Waals surface area contributed by atoms with Crippen LogP contribution in [0.4, 0.5) is 5.69 Å². The topological polar surface area (TPSA) is 55.1 Å². The summed E-state index contributed by atoms with van der Waals surface area (Å²) in [6.07, 6.45) is 2.56. The number of aryl methyl sites for hydroxylation is 1. The molecule has 1 rings (SSSR count). The van der Waals surface area contributed by atoms with Crippen molar-refractivity contribution in [2.45, 2.75) is 33.1 Å². The van der Waals surface area contributed by atoms with Crippen molar-refractivity contribution in [1.29, 1.82) is 0 Å². The first kappa shape index (κ1) is 13.7. The minimum atomic E-state index is 0.0784. The standard InChI is InChI=1S/C14H22N2O/c1-11(2)10-14(17)16-13-7-5-12(6-8-13)4-3-9-15/h5-8,11H,3-4,9-10,15H2,1-2H3,(H,16,17). The fraction of sp³-hybridized carbons (Fsp3) is 0.500. The van der Waals surface area contributed by atoms with E-state index in [1.54, 1.807) is 0 Å². The Kier molecular flexibility index (Phi) is 5.70. The number of nitrogens with one attached hydrogen (secondary N) is 1. The summed E-state index contributed by atoms with van der Waals surface area (Å²) in [4.78, 5) is 11.6. The van der Waals surface area contributed by atoms with Crippen molar-refractivity contribution < 1.29 is 4.79 Å². The van der Waals surface area contributed by atoms with E-state index in [-0.39, 0.29) is 5.91 Å². The van der Waals surface area contributed by atoms with E-state index in [2.05, 4.69) is 5.32 Å². The summed E-state index contributed by atoms with van der Waals surface area (Å²) < 4.78 is 0. The van der Waals surface area contributed by atoms with Crippen LogP contribution in [0, 0.1) is 5.92 Å². The van der Waals surface area contributed by atoms with Crippen LogP contribution in [0.3, 0.4) is 0 Å². The van der Waals surface area contributed by atoms with E-state index in [0.29, 0.717) is 18.9 Å². The monoisotopic (exact) mass is 234 g/mol. The molecule has 1 aromatic carbocycles. The largest absolute Gasteiger partial charge is 0.330 e. The van der Waals surface area contributed by atoms with E-state index in [4.69, 9.17) is 5.73 Å². The fourth-order valence-electron chi connectivity index (χ4n) is 1.64. The van der Waals surface area contributed by atoms with E-state index < -0.39 is 0 Å². The first-order valence-corrected chi connectivity index (χ1v) is 6.20. The van der Waals surface area contributed by atoms with Gasteiger partial charge < -0.3 is 11.1 Å². The quantitative estimate of drug-likeness (QED) is 0.794. The summed E-state index contributed by atoms with van der Waals surface area (Å²) in [5, 5.41) is 2.89. The lowest BCUT2D eigenvalue weighted by atomic mass is 10.1. The van der Waals surface area contributed by atoms with Crippen LogP contribution in [0.1, 0.15) is 32.3 Å². The molecule has 17 heavy (non-hydrogen) atoms. The van der Waals surface area contributed by atoms with Gasteiger partial charge in [-0.15, -0.1) is 0 Å². The van der Waals surface area contributed by atoms with Crippen molar-refractivity contribution >= 4 is 11.6 Å². The Balaban J connectivity index is 2.47. The molecule has 0 saturated carbocycles. The van der Waals surface area contributed by atoms with E-state index >= 15 is 0 Å². The maximum atomic E-state index is 11.6. The van der Waals surface area contributed by atoms with Crippen molar-refractivity contribution in [2.75, 3.05) is 11.9 Å². The molecule has 3 nitrogen and oxygen atoms in total. The summed E-state index contributed by atoms with van der Waals surface area (Å²) in [5.74, 6) is 0.466. The predicted molar refractivity (Wildman–Crippen MR) is 71.9 cm³/mol. The molecule has 0 unspecified atom stereocenters. The molecule has 0 heterocycles. The van der Waals surface area contributed by atoms with Crippen molar-refractivity contribution in [2.24, 2.45) is 11.7 Å². The van der Waals surface area contributed by atoms with Gasteiger partial charge in [0.15, 0.2) is 0 Å². The van der Waals surface area contributed by atoms with Crippen molar-refractivity contribution in [1.82, 2.24) is 0 Å². The Bertz CT molecular complexity index is 344. The molecular formula is C14H22N2O. The van der Waals surface area contributed by atoms with Gasteiger partial charge in [-0.25, -0.2) is 0 Å². The van der Waals surface area contributed by atoms with Gasteiger partial charge >= 0.3 is 0 Å². The van der Waals surface area contributed by atoms with Crippen LogP contribution >= 0.6 is 0 Å². The number of rotatable bonds is 6. The number of carbonyl (C=O) groups is 1. The predicted octanol–water partition coefficient (Wildman–Crippen LogP) is 2.56. The van der Waals surface area contributed by atoms with Gasteiger partial charge in [0, 0.05) is 12.1 Å². The van der Waals surface area contributed by atoms with Gasteiger partial charge in [-0.3, -0.25) is 4.79 Å². The highest BCUT2D eigenvalue weighted by Crippen LogP contribution is 2.12. The van der Waals surface area contributed by atoms with Gasteiger partial charge in [-0.1, -0.05) is 26.0 Å². The summed E-state index contributed by atoms with van der Waals surface area (Å²) in [7, 11) is 0. The van der Waals surface area contributed by atoms with Crippen LogP contribution in [0.15, 0.2) is 24.3 Å². The average molecular weight is 234 g/mol. The molecule has 0 aliphatic carbocycles. The molecule has 0 fully saturated rings. The first-order valence-electron chi connectivity index (χ1n) is 6.20. The SMILES string of the molecule is CC(C)CC(=O)Nc1ccc(CCCN)cc1. The van der Waals surface area contributed by atoms with Crippen LogP contribution < -0.4 is 11.1 Å². The zero-order chi connectivity index (χ0) is 12.7. The highest BCUT2D eigenvalue weighted by molar-refractivity contribution is 5.90. The number of carbonyl (C=O) groups excluding carboxylic acids is 1. The van der Waals surface area contributed by atoms with Crippen molar-refractivity contribution in [3.63, 3.8) is 0 Å². The number of benzene rings is 1. The van der Waals surface area contributed by atoms with E-state index in [9.17, 15) is 4.79 Å². The number of nitrogens with two attached hydrogens (primary N) is 1. The molecular weight excluding hydrogens is 212 g/mol. The van der Waals surface area contributed by atoms with Gasteiger partial charge in [0.05, 0.1) is 0 Å². The zero-order valence-electron chi connectivity index (χ0n) is 10.7. The van der Waals surface area contributed by atoms with Gasteiger partial charge in [-0.05, 0) is 43.0 Å². The van der Waals surface area contributed by atoms with Crippen LogP contribution in [-0.2, 0) is 11.2 Å². The second kappa shape index (κ2) is 7.07. The van der Waals surface area contributed by atoms with Crippen LogP contribution in [0.25, 0.3) is 0 Å². The Labute approximate surface area is 103 Å². The number of hydrogen-bond donors (Lipinski definition) is 2. The second-order valence-electron chi connectivity index (χ2n) is 4.74. The number of amides is 1. The van der Waals surface area contributed by atoms with Gasteiger partial charge in [-0.2, -0.15) is 0 Å². The summed E-state index contributed by atoms with van der Waals surface area (Å²) in [6, 6.07) is 7.98. The highest BCUT2D eigenvalue weighted by Gasteiger charge is 2.04. The van der Waals surface area contributed by atoms with Crippen LogP contribution in [-0.4, -0.2) is 12.5 Å². The fourth-order valence-corrected chi connectivity index (χ4v) is 1.64. The zero-order valence-corrected chi connectivity index (χ0v) is 10.7. The minimum Gasteiger partial charge on any atom is -0.330 e. The lowest BCUT2D eigenvalue weighted by molar-refractivity contribution is -0.116. The summed E-state index contributed by atoms with van der Waals surface area (Å²) in [5.41, 5.74) is 7.59. The molecule has 0 aromatic heterocycles. The number of hydrogen-bond acceptors (Lipinski definition) is 2. The van der Waals surface area contributed by atoms with Gasteiger partial charge in [0.1, 0.15) is 0 Å². The maximum absolute atomic E-state index is 11.6. The molecule has 0 radical (unpaired) electrons. The first-order chi connectivity index (χ1) is 8.11. The van der Waals surface area contributed by atoms with Crippen molar-refractivity contribution in [3.8, 4) is 0 Å². The van der Waals surface area contributed by atoms with Gasteiger partial charge in [0.2, 0.25) is 5.91 Å². The highest BCUT2D eigenvalue weighted by atomic mass is 16.1. The molecule has 1 amide bonds. The smallest absolute Gasteiger partial charge is 0.224 e. The van der Waals surface area contributed by atoms with Crippen LogP contribution in [0.5, 0.6) is 0 Å². The summed E-state index contributed by atoms with van der Waals surface area (Å²) in [6.45, 7) is 4.79. The molecule has 94 valence electrons. The third-order valence-electron chi connectivity index (χ3n) is 2.50. The molecule has 0 spiro atoms. The molecule has 1 aromatic rings. The Hall–Kier alpha value is -1.35. The molecule has 0 atom stereocenters. The molecule has 0 aliphatic heterocycles. The van der Waals surface area contributed by atoms with Crippen molar-refractivity contribution in [3.05, 3.63) is 29.8 Å². The summed E-state index contributed by atoms with van der Waals surface area (Å²) >= 11 is 0. The minimum absolute atomic E-state index is 0.0784. The third-order valence-corrected chi connectivity index (χ3v) is 2.50. The normalized spacial score (nSPS) is 10.6. The maximum Gasteiger partial charge on any atom is 0.224 e. The molecule has 0 saturated heterocycles. The lowest BCUT2D eigenvalue weighted by Crippen LogP contribution is -2.13. The molecule has 0 bridgehead atoms. The average Bonchev–Trinajstić information content (AvgIpc) is 2.27. The molecule has 3 heteroatoms. The molecule has 0 aliphatic rings. The Morgan fingerprint density at radius 2 is 1.94 bits per heavy atom. The molecule has 3 N–H and O–H groups in total. The van der Waals surface area contributed by atoms with E-state index in [0.717, 1.165) is 18.5 Å². The van der Waals surface area contributed by atoms with Crippen LogP contribution in [0.2, 0.25) is 0 Å². The van der Waals surface area contributed by atoms with Gasteiger partial charge in [0.25, 0.3) is 0 Å². The Morgan fingerprint density at radius 1 is 1.29 bits per heavy atom. The second-order valence-corrected chi connectivity index (χ2v) is 4.74. The third kappa shape index (κ3) is 5.50. The Morgan fingerprint density at radius 3 is 2.47 bits per heavy atom.